The van der Waals surface area contributed by atoms with Crippen molar-refractivity contribution in [2.75, 3.05) is 26.0 Å². The normalized spacial score (nSPS) is 12.3. The lowest BCUT2D eigenvalue weighted by Gasteiger charge is -2.25. The van der Waals surface area contributed by atoms with Gasteiger partial charge < -0.3 is 10.5 Å². The lowest BCUT2D eigenvalue weighted by molar-refractivity contribution is 0.199. The SMILES string of the molecule is COCCCS(=O)(=O)N(CC(N)=S)C(C)C. The molecule has 2 N–H and O–H groups in total. The largest absolute Gasteiger partial charge is 0.392 e. The number of hydrogen-bond donors (Lipinski definition) is 1. The summed E-state index contributed by atoms with van der Waals surface area (Å²) in [4.78, 5) is 0.184. The maximum absolute atomic E-state index is 11.9. The van der Waals surface area contributed by atoms with E-state index in [1.165, 1.54) is 4.31 Å². The number of hydrogen-bond acceptors (Lipinski definition) is 4. The van der Waals surface area contributed by atoms with Gasteiger partial charge in [-0.25, -0.2) is 8.42 Å². The van der Waals surface area contributed by atoms with Crippen LogP contribution in [0.25, 0.3) is 0 Å². The summed E-state index contributed by atoms with van der Waals surface area (Å²) in [6, 6.07) is -0.144. The van der Waals surface area contributed by atoms with Gasteiger partial charge in [-0.15, -0.1) is 0 Å². The molecule has 0 bridgehead atoms. The second-order valence-corrected chi connectivity index (χ2v) is 6.33. The molecule has 0 amide bonds. The third kappa shape index (κ3) is 5.74. The van der Waals surface area contributed by atoms with Gasteiger partial charge in [-0.05, 0) is 20.3 Å². The van der Waals surface area contributed by atoms with E-state index in [4.69, 9.17) is 22.7 Å². The molecule has 0 heterocycles. The molecule has 0 radical (unpaired) electrons. The maximum Gasteiger partial charge on any atom is 0.214 e. The molecule has 0 atom stereocenters. The van der Waals surface area contributed by atoms with Gasteiger partial charge in [0, 0.05) is 19.8 Å². The molecule has 0 aliphatic heterocycles. The van der Waals surface area contributed by atoms with Crippen molar-refractivity contribution in [2.24, 2.45) is 5.73 Å². The number of nitrogens with zero attached hydrogens (tertiary/aromatic N) is 1. The van der Waals surface area contributed by atoms with Crippen molar-refractivity contribution in [3.05, 3.63) is 0 Å². The standard InChI is InChI=1S/C9H20N2O3S2/c1-8(2)11(7-9(10)15)16(12,13)6-4-5-14-3/h8H,4-7H2,1-3H3,(H2,10,15). The molecule has 0 aliphatic rings. The number of methoxy groups -OCH3 is 1. The van der Waals surface area contributed by atoms with E-state index < -0.39 is 10.0 Å². The minimum absolute atomic E-state index is 0.0572. The van der Waals surface area contributed by atoms with E-state index in [2.05, 4.69) is 0 Å². The van der Waals surface area contributed by atoms with Crippen molar-refractivity contribution >= 4 is 27.2 Å². The first-order chi connectivity index (χ1) is 7.31. The summed E-state index contributed by atoms with van der Waals surface area (Å²) in [5.41, 5.74) is 5.38. The molecule has 0 saturated heterocycles. The minimum atomic E-state index is -3.30. The fourth-order valence-electron chi connectivity index (χ4n) is 1.26. The Morgan fingerprint density at radius 2 is 2.06 bits per heavy atom. The molecule has 0 aromatic heterocycles. The number of sulfonamides is 1. The molecule has 0 aromatic carbocycles. The molecule has 0 unspecified atom stereocenters. The zero-order chi connectivity index (χ0) is 12.8. The van der Waals surface area contributed by atoms with Gasteiger partial charge in [0.25, 0.3) is 0 Å². The van der Waals surface area contributed by atoms with Crippen LogP contribution < -0.4 is 5.73 Å². The first kappa shape index (κ1) is 15.8. The summed E-state index contributed by atoms with van der Waals surface area (Å²) in [6.45, 7) is 4.12. The Hall–Kier alpha value is -0.240. The molecule has 0 saturated carbocycles. The molecule has 0 aromatic rings. The zero-order valence-electron chi connectivity index (χ0n) is 9.97. The monoisotopic (exact) mass is 268 g/mol. The molecule has 5 nitrogen and oxygen atoms in total. The van der Waals surface area contributed by atoms with Gasteiger partial charge in [-0.2, -0.15) is 4.31 Å². The molecule has 0 rings (SSSR count). The van der Waals surface area contributed by atoms with Gasteiger partial charge in [-0.1, -0.05) is 12.2 Å². The van der Waals surface area contributed by atoms with Crippen LogP contribution in [-0.2, 0) is 14.8 Å². The van der Waals surface area contributed by atoms with Gasteiger partial charge in [0.15, 0.2) is 0 Å². The van der Waals surface area contributed by atoms with Crippen molar-refractivity contribution in [3.63, 3.8) is 0 Å². The maximum atomic E-state index is 11.9. The van der Waals surface area contributed by atoms with Crippen molar-refractivity contribution in [1.29, 1.82) is 0 Å². The highest BCUT2D eigenvalue weighted by molar-refractivity contribution is 7.89. The number of rotatable bonds is 8. The Balaban J connectivity index is 4.57. The molecular weight excluding hydrogens is 248 g/mol. The summed E-state index contributed by atoms with van der Waals surface area (Å²) >= 11 is 4.74. The van der Waals surface area contributed by atoms with Crippen LogP contribution in [0.3, 0.4) is 0 Å². The lowest BCUT2D eigenvalue weighted by Crippen LogP contribution is -2.43. The van der Waals surface area contributed by atoms with Crippen molar-refractivity contribution in [2.45, 2.75) is 26.3 Å². The third-order valence-electron chi connectivity index (χ3n) is 2.00. The van der Waals surface area contributed by atoms with Crippen LogP contribution in [-0.4, -0.2) is 49.8 Å². The van der Waals surface area contributed by atoms with Gasteiger partial charge in [0.05, 0.1) is 17.3 Å². The Bertz CT molecular complexity index is 315. The highest BCUT2D eigenvalue weighted by Gasteiger charge is 2.24. The smallest absolute Gasteiger partial charge is 0.214 e. The molecule has 7 heteroatoms. The second kappa shape index (κ2) is 7.16. The van der Waals surface area contributed by atoms with E-state index in [-0.39, 0.29) is 23.3 Å². The van der Waals surface area contributed by atoms with Gasteiger partial charge in [-0.3, -0.25) is 0 Å². The van der Waals surface area contributed by atoms with E-state index in [1.54, 1.807) is 21.0 Å². The predicted molar refractivity (Wildman–Crippen MR) is 68.9 cm³/mol. The Morgan fingerprint density at radius 1 is 1.50 bits per heavy atom. The third-order valence-corrected chi connectivity index (χ3v) is 4.19. The Labute approximate surface area is 103 Å². The minimum Gasteiger partial charge on any atom is -0.392 e. The first-order valence-electron chi connectivity index (χ1n) is 5.08. The van der Waals surface area contributed by atoms with Gasteiger partial charge in [0.1, 0.15) is 0 Å². The van der Waals surface area contributed by atoms with Crippen LogP contribution in [0.1, 0.15) is 20.3 Å². The van der Waals surface area contributed by atoms with Crippen LogP contribution in [0, 0.1) is 0 Å². The quantitative estimate of drug-likeness (QED) is 0.508. The molecule has 96 valence electrons. The second-order valence-electron chi connectivity index (χ2n) is 3.77. The number of ether oxygens (including phenoxy) is 1. The fraction of sp³-hybridized carbons (Fsp3) is 0.889. The summed E-state index contributed by atoms with van der Waals surface area (Å²) in [5, 5.41) is 0. The topological polar surface area (TPSA) is 72.6 Å². The first-order valence-corrected chi connectivity index (χ1v) is 7.09. The van der Waals surface area contributed by atoms with Crippen LogP contribution >= 0.6 is 12.2 Å². The zero-order valence-corrected chi connectivity index (χ0v) is 11.6. The van der Waals surface area contributed by atoms with E-state index in [0.717, 1.165) is 0 Å². The average molecular weight is 268 g/mol. The Kier molecular flexibility index (Phi) is 7.05. The number of nitrogens with two attached hydrogens (primary N) is 1. The van der Waals surface area contributed by atoms with Gasteiger partial charge in [0.2, 0.25) is 10.0 Å². The van der Waals surface area contributed by atoms with E-state index in [9.17, 15) is 8.42 Å². The van der Waals surface area contributed by atoms with Gasteiger partial charge >= 0.3 is 0 Å². The van der Waals surface area contributed by atoms with Crippen molar-refractivity contribution < 1.29 is 13.2 Å². The van der Waals surface area contributed by atoms with Crippen LogP contribution in [0.4, 0.5) is 0 Å². The van der Waals surface area contributed by atoms with E-state index in [1.807, 2.05) is 0 Å². The summed E-state index contributed by atoms with van der Waals surface area (Å²) in [7, 11) is -1.76. The fourth-order valence-corrected chi connectivity index (χ4v) is 3.17. The molecule has 0 spiro atoms. The van der Waals surface area contributed by atoms with Crippen molar-refractivity contribution in [3.8, 4) is 0 Å². The Morgan fingerprint density at radius 3 is 2.44 bits per heavy atom. The molecule has 0 fully saturated rings. The van der Waals surface area contributed by atoms with Crippen LogP contribution in [0.15, 0.2) is 0 Å². The van der Waals surface area contributed by atoms with E-state index in [0.29, 0.717) is 13.0 Å². The van der Waals surface area contributed by atoms with Crippen LogP contribution in [0.5, 0.6) is 0 Å². The molecule has 0 aliphatic carbocycles. The number of thiocarbonyl (C=S) groups is 1. The highest BCUT2D eigenvalue weighted by Crippen LogP contribution is 2.08. The summed E-state index contributed by atoms with van der Waals surface area (Å²) < 4.78 is 30.0. The van der Waals surface area contributed by atoms with Crippen molar-refractivity contribution in [1.82, 2.24) is 4.31 Å². The lowest BCUT2D eigenvalue weighted by atomic mass is 10.4. The summed E-state index contributed by atoms with van der Waals surface area (Å²) in [6.07, 6.45) is 0.472. The van der Waals surface area contributed by atoms with Crippen LogP contribution in [0.2, 0.25) is 0 Å². The summed E-state index contributed by atoms with van der Waals surface area (Å²) in [5.74, 6) is 0.0572. The molecule has 16 heavy (non-hydrogen) atoms. The molecular formula is C9H20N2O3S2. The highest BCUT2D eigenvalue weighted by atomic mass is 32.2. The van der Waals surface area contributed by atoms with E-state index >= 15 is 0 Å². The predicted octanol–water partition coefficient (Wildman–Crippen LogP) is 0.349. The average Bonchev–Trinajstić information content (AvgIpc) is 2.13.